The molecule has 126 valence electrons. The highest BCUT2D eigenvalue weighted by Crippen LogP contribution is 2.26. The van der Waals surface area contributed by atoms with Gasteiger partial charge < -0.3 is 12.4 Å². The van der Waals surface area contributed by atoms with Crippen molar-refractivity contribution < 1.29 is 17.0 Å². The van der Waals surface area contributed by atoms with Gasteiger partial charge in [-0.1, -0.05) is 51.1 Å². The highest BCUT2D eigenvalue weighted by molar-refractivity contribution is 5.80. The highest BCUT2D eigenvalue weighted by Gasteiger charge is 2.17. The zero-order valence-electron chi connectivity index (χ0n) is 15.2. The van der Waals surface area contributed by atoms with Gasteiger partial charge in [0, 0.05) is 17.0 Å². The molecule has 0 bridgehead atoms. The summed E-state index contributed by atoms with van der Waals surface area (Å²) in [5, 5.41) is 2.58. The van der Waals surface area contributed by atoms with Crippen molar-refractivity contribution in [3.8, 4) is 0 Å². The summed E-state index contributed by atoms with van der Waals surface area (Å²) in [6.07, 6.45) is 4.42. The summed E-state index contributed by atoms with van der Waals surface area (Å²) in [6.45, 7) is 12.2. The number of fused-ring (bicyclic) bond motifs is 1. The maximum absolute atomic E-state index is 2.35. The van der Waals surface area contributed by atoms with Crippen LogP contribution in [0.15, 0.2) is 54.9 Å². The fourth-order valence-corrected chi connectivity index (χ4v) is 3.13. The molecule has 2 heteroatoms. The van der Waals surface area contributed by atoms with E-state index in [1.54, 1.807) is 0 Å². The first-order valence-corrected chi connectivity index (χ1v) is 8.33. The highest BCUT2D eigenvalue weighted by atomic mass is 35.5. The molecule has 0 aliphatic carbocycles. The van der Waals surface area contributed by atoms with Crippen LogP contribution >= 0.6 is 0 Å². The average Bonchev–Trinajstić information content (AvgIpc) is 2.49. The van der Waals surface area contributed by atoms with Crippen LogP contribution in [0.4, 0.5) is 0 Å². The monoisotopic (exact) mass is 339 g/mol. The summed E-state index contributed by atoms with van der Waals surface area (Å²) >= 11 is 0. The molecule has 0 spiro atoms. The van der Waals surface area contributed by atoms with Crippen molar-refractivity contribution in [2.75, 3.05) is 0 Å². The number of hydrogen-bond acceptors (Lipinski definition) is 0. The van der Waals surface area contributed by atoms with E-state index in [9.17, 15) is 0 Å². The van der Waals surface area contributed by atoms with Crippen LogP contribution in [-0.4, -0.2) is 0 Å². The summed E-state index contributed by atoms with van der Waals surface area (Å²) in [5.41, 5.74) is 5.81. The second-order valence-corrected chi connectivity index (χ2v) is 7.58. The molecular weight excluding hydrogens is 314 g/mol. The summed E-state index contributed by atoms with van der Waals surface area (Å²) in [7, 11) is 0. The Morgan fingerprint density at radius 1 is 0.875 bits per heavy atom. The third-order valence-corrected chi connectivity index (χ3v) is 4.65. The first-order valence-electron chi connectivity index (χ1n) is 8.33. The summed E-state index contributed by atoms with van der Waals surface area (Å²) in [6, 6.07) is 15.4. The van der Waals surface area contributed by atoms with Gasteiger partial charge in [0.2, 0.25) is 0 Å². The van der Waals surface area contributed by atoms with Crippen LogP contribution in [0.3, 0.4) is 0 Å². The number of aromatic nitrogens is 1. The van der Waals surface area contributed by atoms with E-state index in [0.29, 0.717) is 0 Å². The fraction of sp³-hybridized carbons (Fsp3) is 0.318. The number of nitrogens with zero attached hydrogens (tertiary/aromatic N) is 1. The fourth-order valence-electron chi connectivity index (χ4n) is 3.13. The van der Waals surface area contributed by atoms with Crippen LogP contribution in [0, 0.1) is 13.8 Å². The van der Waals surface area contributed by atoms with Crippen LogP contribution in [0.1, 0.15) is 43.0 Å². The minimum atomic E-state index is 0. The molecule has 3 rings (SSSR count). The molecule has 2 aromatic carbocycles. The van der Waals surface area contributed by atoms with Crippen LogP contribution in [0.5, 0.6) is 0 Å². The zero-order chi connectivity index (χ0) is 16.6. The Kier molecular flexibility index (Phi) is 5.35. The van der Waals surface area contributed by atoms with E-state index >= 15 is 0 Å². The van der Waals surface area contributed by atoms with Gasteiger partial charge in [-0.15, -0.1) is 0 Å². The quantitative estimate of drug-likeness (QED) is 0.629. The molecule has 0 unspecified atom stereocenters. The lowest BCUT2D eigenvalue weighted by atomic mass is 9.84. The molecule has 0 saturated heterocycles. The maximum atomic E-state index is 2.35. The molecule has 0 fully saturated rings. The van der Waals surface area contributed by atoms with E-state index < -0.39 is 0 Å². The molecule has 1 nitrogen and oxygen atoms in total. The lowest BCUT2D eigenvalue weighted by Gasteiger charge is -2.21. The van der Waals surface area contributed by atoms with Crippen molar-refractivity contribution in [1.82, 2.24) is 0 Å². The normalized spacial score (nSPS) is 11.4. The van der Waals surface area contributed by atoms with Crippen LogP contribution in [-0.2, 0) is 12.0 Å². The van der Waals surface area contributed by atoms with Crippen molar-refractivity contribution in [1.29, 1.82) is 0 Å². The summed E-state index contributed by atoms with van der Waals surface area (Å²) in [4.78, 5) is 0. The first-order chi connectivity index (χ1) is 10.8. The molecule has 0 atom stereocenters. The van der Waals surface area contributed by atoms with Crippen LogP contribution < -0.4 is 17.0 Å². The van der Waals surface area contributed by atoms with Gasteiger partial charge in [-0.3, -0.25) is 0 Å². The van der Waals surface area contributed by atoms with E-state index in [4.69, 9.17) is 0 Å². The zero-order valence-corrected chi connectivity index (χ0v) is 16.0. The smallest absolute Gasteiger partial charge is 0.176 e. The Balaban J connectivity index is 0.00000208. The molecule has 24 heavy (non-hydrogen) atoms. The Bertz CT molecular complexity index is 836. The van der Waals surface area contributed by atoms with Crippen molar-refractivity contribution in [3.63, 3.8) is 0 Å². The maximum Gasteiger partial charge on any atom is 0.176 e. The second-order valence-electron chi connectivity index (χ2n) is 7.58. The van der Waals surface area contributed by atoms with Crippen molar-refractivity contribution in [2.24, 2.45) is 0 Å². The minimum absolute atomic E-state index is 0. The van der Waals surface area contributed by atoms with Crippen LogP contribution in [0.25, 0.3) is 10.8 Å². The molecule has 0 saturated carbocycles. The Morgan fingerprint density at radius 2 is 1.46 bits per heavy atom. The summed E-state index contributed by atoms with van der Waals surface area (Å²) < 4.78 is 2.29. The third kappa shape index (κ3) is 3.79. The molecule has 0 amide bonds. The number of rotatable bonds is 2. The van der Waals surface area contributed by atoms with Crippen molar-refractivity contribution >= 4 is 10.8 Å². The predicted octanol–water partition coefficient (Wildman–Crippen LogP) is 2.09. The van der Waals surface area contributed by atoms with Gasteiger partial charge in [-0.2, -0.15) is 0 Å². The molecule has 0 radical (unpaired) electrons. The van der Waals surface area contributed by atoms with Crippen molar-refractivity contribution in [3.05, 3.63) is 77.1 Å². The minimum Gasteiger partial charge on any atom is -1.00 e. The van der Waals surface area contributed by atoms with Gasteiger partial charge in [0.25, 0.3) is 0 Å². The van der Waals surface area contributed by atoms with Gasteiger partial charge in [-0.05, 0) is 47.4 Å². The SMILES string of the molecule is Cc1cc(C(C)(C)C)cc(C)c1C[n+]1ccc2ccccc2c1.[Cl-]. The third-order valence-electron chi connectivity index (χ3n) is 4.65. The topological polar surface area (TPSA) is 3.88 Å². The molecule has 1 aromatic heterocycles. The molecule has 0 aliphatic rings. The van der Waals surface area contributed by atoms with Gasteiger partial charge in [0.05, 0.1) is 0 Å². The number of pyridine rings is 1. The number of benzene rings is 2. The predicted molar refractivity (Wildman–Crippen MR) is 97.9 cm³/mol. The van der Waals surface area contributed by atoms with Gasteiger partial charge >= 0.3 is 0 Å². The van der Waals surface area contributed by atoms with Gasteiger partial charge in [0.1, 0.15) is 0 Å². The van der Waals surface area contributed by atoms with E-state index in [-0.39, 0.29) is 17.8 Å². The number of aryl methyl sites for hydroxylation is 2. The lowest BCUT2D eigenvalue weighted by molar-refractivity contribution is -0.687. The Labute approximate surface area is 151 Å². The number of halogens is 1. The van der Waals surface area contributed by atoms with E-state index in [1.807, 2.05) is 0 Å². The standard InChI is InChI=1S/C22H26N.ClH/c1-16-12-20(22(3,4)5)13-17(2)21(16)15-23-11-10-18-8-6-7-9-19(18)14-23;/h6-14H,15H2,1-5H3;1H/q+1;/p-1. The number of hydrogen-bond donors (Lipinski definition) is 0. The molecular formula is C22H26ClN. The Hall–Kier alpha value is -1.86. The van der Waals surface area contributed by atoms with E-state index in [1.165, 1.54) is 33.0 Å². The average molecular weight is 340 g/mol. The first kappa shape index (κ1) is 18.5. The summed E-state index contributed by atoms with van der Waals surface area (Å²) in [5.74, 6) is 0. The van der Waals surface area contributed by atoms with Gasteiger partial charge in [-0.25, -0.2) is 4.57 Å². The van der Waals surface area contributed by atoms with Crippen molar-refractivity contribution in [2.45, 2.75) is 46.6 Å². The molecule has 1 heterocycles. The second kappa shape index (κ2) is 6.94. The molecule has 0 N–H and O–H groups in total. The Morgan fingerprint density at radius 3 is 2.04 bits per heavy atom. The van der Waals surface area contributed by atoms with Crippen LogP contribution in [0.2, 0.25) is 0 Å². The van der Waals surface area contributed by atoms with E-state index in [2.05, 4.69) is 94.0 Å². The van der Waals surface area contributed by atoms with E-state index in [0.717, 1.165) is 6.54 Å². The van der Waals surface area contributed by atoms with Gasteiger partial charge in [0.15, 0.2) is 18.9 Å². The molecule has 0 aliphatic heterocycles. The lowest BCUT2D eigenvalue weighted by Crippen LogP contribution is -3.00. The largest absolute Gasteiger partial charge is 1.00 e. The molecule has 3 aromatic rings.